The number of aromatic amines is 1. The zero-order valence-corrected chi connectivity index (χ0v) is 12.7. The number of benzene rings is 1. The number of carbonyl (C=O) groups is 1. The summed E-state index contributed by atoms with van der Waals surface area (Å²) in [6, 6.07) is 4.99. The Hall–Kier alpha value is -2.82. The largest absolute Gasteiger partial charge is 0.586 e. The van der Waals surface area contributed by atoms with Crippen LogP contribution in [-0.4, -0.2) is 27.9 Å². The molecule has 24 heavy (non-hydrogen) atoms. The molecule has 0 spiro atoms. The highest BCUT2D eigenvalue weighted by molar-refractivity contribution is 7.99. The lowest BCUT2D eigenvalue weighted by molar-refractivity contribution is -0.286. The molecule has 8 nitrogen and oxygen atoms in total. The molecule has 2 heterocycles. The molecule has 1 aromatic heterocycles. The van der Waals surface area contributed by atoms with Crippen LogP contribution in [0.3, 0.4) is 0 Å². The summed E-state index contributed by atoms with van der Waals surface area (Å²) in [4.78, 5) is 29.4. The molecular formula is C13H10F2N4O4S. The van der Waals surface area contributed by atoms with E-state index in [0.717, 1.165) is 17.8 Å². The summed E-state index contributed by atoms with van der Waals surface area (Å²) in [5.41, 5.74) is 5.26. The molecule has 0 saturated carbocycles. The molecule has 1 amide bonds. The van der Waals surface area contributed by atoms with Gasteiger partial charge in [0.15, 0.2) is 16.7 Å². The number of nitrogen functional groups attached to an aromatic ring is 1. The summed E-state index contributed by atoms with van der Waals surface area (Å²) in [5, 5.41) is 2.70. The summed E-state index contributed by atoms with van der Waals surface area (Å²) in [6.07, 6.45) is -3.72. The molecule has 4 N–H and O–H groups in total. The number of alkyl halides is 2. The maximum atomic E-state index is 12.9. The third kappa shape index (κ3) is 3.74. The molecule has 0 saturated heterocycles. The van der Waals surface area contributed by atoms with Crippen molar-refractivity contribution in [2.75, 3.05) is 16.8 Å². The fourth-order valence-electron chi connectivity index (χ4n) is 1.88. The Morgan fingerprint density at radius 1 is 1.33 bits per heavy atom. The van der Waals surface area contributed by atoms with Gasteiger partial charge in [-0.25, -0.2) is 4.98 Å². The van der Waals surface area contributed by atoms with Gasteiger partial charge in [-0.15, -0.1) is 8.78 Å². The lowest BCUT2D eigenvalue weighted by Crippen LogP contribution is -2.25. The van der Waals surface area contributed by atoms with Crippen molar-refractivity contribution in [2.45, 2.75) is 11.5 Å². The van der Waals surface area contributed by atoms with Gasteiger partial charge in [0, 0.05) is 17.8 Å². The number of nitrogens with one attached hydrogen (secondary N) is 2. The van der Waals surface area contributed by atoms with Crippen LogP contribution in [0.1, 0.15) is 0 Å². The van der Waals surface area contributed by atoms with Gasteiger partial charge in [0.25, 0.3) is 5.56 Å². The van der Waals surface area contributed by atoms with Gasteiger partial charge in [-0.05, 0) is 12.1 Å². The van der Waals surface area contributed by atoms with Gasteiger partial charge in [0.1, 0.15) is 5.82 Å². The quantitative estimate of drug-likeness (QED) is 0.559. The Morgan fingerprint density at radius 3 is 2.83 bits per heavy atom. The summed E-state index contributed by atoms with van der Waals surface area (Å²) in [6.45, 7) is 0. The number of rotatable bonds is 4. The van der Waals surface area contributed by atoms with Crippen LogP contribution in [0.15, 0.2) is 34.2 Å². The molecule has 1 aromatic carbocycles. The van der Waals surface area contributed by atoms with Gasteiger partial charge >= 0.3 is 6.29 Å². The fourth-order valence-corrected chi connectivity index (χ4v) is 2.56. The molecule has 11 heteroatoms. The monoisotopic (exact) mass is 356 g/mol. The van der Waals surface area contributed by atoms with Crippen molar-refractivity contribution in [3.63, 3.8) is 0 Å². The number of anilines is 2. The van der Waals surface area contributed by atoms with Crippen LogP contribution in [-0.2, 0) is 4.79 Å². The van der Waals surface area contributed by atoms with E-state index in [2.05, 4.69) is 24.8 Å². The van der Waals surface area contributed by atoms with E-state index in [1.807, 2.05) is 0 Å². The van der Waals surface area contributed by atoms with E-state index in [4.69, 9.17) is 5.73 Å². The predicted molar refractivity (Wildman–Crippen MR) is 81.3 cm³/mol. The molecule has 2 aromatic rings. The third-order valence-electron chi connectivity index (χ3n) is 2.76. The van der Waals surface area contributed by atoms with Gasteiger partial charge in [0.2, 0.25) is 5.91 Å². The average molecular weight is 356 g/mol. The Kier molecular flexibility index (Phi) is 4.01. The minimum absolute atomic E-state index is 0.0401. The Morgan fingerprint density at radius 2 is 2.08 bits per heavy atom. The van der Waals surface area contributed by atoms with E-state index in [1.54, 1.807) is 0 Å². The fraction of sp³-hybridized carbons (Fsp3) is 0.154. The lowest BCUT2D eigenvalue weighted by Gasteiger charge is -2.06. The average Bonchev–Trinajstić information content (AvgIpc) is 2.77. The highest BCUT2D eigenvalue weighted by atomic mass is 32.2. The van der Waals surface area contributed by atoms with Crippen LogP contribution in [0.25, 0.3) is 0 Å². The lowest BCUT2D eigenvalue weighted by atomic mass is 10.3. The molecule has 0 aliphatic carbocycles. The molecular weight excluding hydrogens is 346 g/mol. The van der Waals surface area contributed by atoms with E-state index in [0.29, 0.717) is 0 Å². The van der Waals surface area contributed by atoms with Crippen molar-refractivity contribution >= 4 is 29.2 Å². The number of ether oxygens (including phenoxy) is 2. The summed E-state index contributed by atoms with van der Waals surface area (Å²) in [7, 11) is 0. The standard InChI is InChI=1S/C13H10F2N4O4S/c14-13(15)22-7-2-1-6(3-8(7)23-13)17-11(21)5-24-12-18-9(16)4-10(20)19-12/h1-4H,5H2,(H,17,21)(H3,16,18,19,20). The molecule has 1 aliphatic rings. The normalized spacial score (nSPS) is 14.4. The first kappa shape index (κ1) is 16.1. The molecule has 0 fully saturated rings. The first-order chi connectivity index (χ1) is 11.3. The van der Waals surface area contributed by atoms with E-state index in [-0.39, 0.29) is 33.9 Å². The number of nitrogens with zero attached hydrogens (tertiary/aromatic N) is 1. The summed E-state index contributed by atoms with van der Waals surface area (Å²) >= 11 is 0.967. The first-order valence-corrected chi connectivity index (χ1v) is 7.49. The van der Waals surface area contributed by atoms with E-state index in [9.17, 15) is 18.4 Å². The number of fused-ring (bicyclic) bond motifs is 1. The van der Waals surface area contributed by atoms with Crippen LogP contribution in [0.2, 0.25) is 0 Å². The highest BCUT2D eigenvalue weighted by Gasteiger charge is 2.43. The molecule has 0 atom stereocenters. The Balaban J connectivity index is 1.61. The predicted octanol–water partition coefficient (Wildman–Crippen LogP) is 1.40. The van der Waals surface area contributed by atoms with Crippen LogP contribution < -0.4 is 26.1 Å². The van der Waals surface area contributed by atoms with Gasteiger partial charge < -0.3 is 25.5 Å². The molecule has 3 rings (SSSR count). The topological polar surface area (TPSA) is 119 Å². The van der Waals surface area contributed by atoms with E-state index < -0.39 is 17.8 Å². The highest BCUT2D eigenvalue weighted by Crippen LogP contribution is 2.42. The van der Waals surface area contributed by atoms with Gasteiger partial charge in [-0.2, -0.15) is 0 Å². The zero-order chi connectivity index (χ0) is 17.3. The molecule has 0 bridgehead atoms. The minimum Gasteiger partial charge on any atom is -0.395 e. The Labute approximate surface area is 137 Å². The van der Waals surface area contributed by atoms with Crippen LogP contribution in [0.4, 0.5) is 20.3 Å². The second kappa shape index (κ2) is 6.00. The SMILES string of the molecule is Nc1cc(=O)[nH]c(SCC(=O)Nc2ccc3c(c2)OC(F)(F)O3)n1. The number of thioether (sulfide) groups is 1. The van der Waals surface area contributed by atoms with Crippen LogP contribution in [0.5, 0.6) is 11.5 Å². The van der Waals surface area contributed by atoms with Crippen molar-refractivity contribution in [3.05, 3.63) is 34.6 Å². The number of amides is 1. The van der Waals surface area contributed by atoms with Crippen LogP contribution >= 0.6 is 11.8 Å². The number of hydrogen-bond donors (Lipinski definition) is 3. The summed E-state index contributed by atoms with van der Waals surface area (Å²) in [5.74, 6) is -0.757. The van der Waals surface area contributed by atoms with Gasteiger partial charge in [-0.1, -0.05) is 11.8 Å². The van der Waals surface area contributed by atoms with E-state index in [1.165, 1.54) is 18.2 Å². The second-order valence-electron chi connectivity index (χ2n) is 4.64. The van der Waals surface area contributed by atoms with Crippen molar-refractivity contribution < 1.29 is 23.0 Å². The molecule has 1 aliphatic heterocycles. The first-order valence-electron chi connectivity index (χ1n) is 6.50. The van der Waals surface area contributed by atoms with Crippen molar-refractivity contribution in [1.29, 1.82) is 0 Å². The van der Waals surface area contributed by atoms with Crippen molar-refractivity contribution in [3.8, 4) is 11.5 Å². The zero-order valence-electron chi connectivity index (χ0n) is 11.8. The third-order valence-corrected chi connectivity index (χ3v) is 3.64. The number of hydrogen-bond acceptors (Lipinski definition) is 7. The van der Waals surface area contributed by atoms with Gasteiger partial charge in [0.05, 0.1) is 5.75 Å². The number of carbonyl (C=O) groups excluding carboxylic acids is 1. The Bertz CT molecular complexity index is 858. The number of halogens is 2. The van der Waals surface area contributed by atoms with E-state index >= 15 is 0 Å². The van der Waals surface area contributed by atoms with Crippen LogP contribution in [0, 0.1) is 0 Å². The molecule has 0 unspecified atom stereocenters. The van der Waals surface area contributed by atoms with Crippen molar-refractivity contribution in [2.24, 2.45) is 0 Å². The number of H-pyrrole nitrogens is 1. The number of nitrogens with two attached hydrogens (primary N) is 1. The molecule has 0 radical (unpaired) electrons. The smallest absolute Gasteiger partial charge is 0.395 e. The van der Waals surface area contributed by atoms with Crippen molar-refractivity contribution in [1.82, 2.24) is 9.97 Å². The van der Waals surface area contributed by atoms with Gasteiger partial charge in [-0.3, -0.25) is 9.59 Å². The summed E-state index contributed by atoms with van der Waals surface area (Å²) < 4.78 is 34.4. The second-order valence-corrected chi connectivity index (χ2v) is 5.61. The molecule has 126 valence electrons. The maximum Gasteiger partial charge on any atom is 0.586 e. The number of aromatic nitrogens is 2. The minimum atomic E-state index is -3.72. The maximum absolute atomic E-state index is 12.9.